The summed E-state index contributed by atoms with van der Waals surface area (Å²) in [6, 6.07) is -1.28. The Morgan fingerprint density at radius 2 is 2.30 bits per heavy atom. The minimum atomic E-state index is -1.10. The van der Waals surface area contributed by atoms with E-state index < -0.39 is 17.9 Å². The molecule has 0 radical (unpaired) electrons. The summed E-state index contributed by atoms with van der Waals surface area (Å²) in [4.78, 5) is 36.1. The van der Waals surface area contributed by atoms with Crippen molar-refractivity contribution >= 4 is 29.7 Å². The number of amides is 3. The van der Waals surface area contributed by atoms with Gasteiger partial charge in [-0.15, -0.1) is 0 Å². The van der Waals surface area contributed by atoms with Gasteiger partial charge >= 0.3 is 12.0 Å². The van der Waals surface area contributed by atoms with E-state index in [0.717, 1.165) is 12.2 Å². The number of carbonyl (C=O) groups is 3. The summed E-state index contributed by atoms with van der Waals surface area (Å²) in [7, 11) is 0. The molecule has 0 aromatic carbocycles. The summed E-state index contributed by atoms with van der Waals surface area (Å²) >= 11 is 1.63. The van der Waals surface area contributed by atoms with Crippen LogP contribution in [0, 0.1) is 0 Å². The van der Waals surface area contributed by atoms with Crippen LogP contribution >= 0.6 is 11.8 Å². The lowest BCUT2D eigenvalue weighted by molar-refractivity contribution is -0.142. The minimum Gasteiger partial charge on any atom is -0.481 e. The molecule has 0 bridgehead atoms. The Hall–Kier alpha value is -1.44. The number of aliphatic carboxylic acids is 1. The van der Waals surface area contributed by atoms with Crippen molar-refractivity contribution in [2.75, 3.05) is 25.1 Å². The maximum atomic E-state index is 12.2. The Morgan fingerprint density at radius 1 is 1.60 bits per heavy atom. The molecule has 3 amide bonds. The molecule has 3 N–H and O–H groups in total. The molecule has 0 aromatic rings. The van der Waals surface area contributed by atoms with E-state index in [-0.39, 0.29) is 18.5 Å². The van der Waals surface area contributed by atoms with Crippen molar-refractivity contribution < 1.29 is 19.5 Å². The molecular formula is C12H21N3O4S. The second-order valence-corrected chi connectivity index (χ2v) is 5.52. The zero-order valence-corrected chi connectivity index (χ0v) is 12.5. The molecule has 0 aromatic heterocycles. The maximum absolute atomic E-state index is 12.2. The van der Waals surface area contributed by atoms with Crippen molar-refractivity contribution in [3.05, 3.63) is 0 Å². The number of nitrogens with zero attached hydrogens (tertiary/aromatic N) is 1. The second kappa shape index (κ2) is 7.98. The monoisotopic (exact) mass is 303 g/mol. The van der Waals surface area contributed by atoms with Crippen LogP contribution in [0.3, 0.4) is 0 Å². The molecule has 0 aliphatic carbocycles. The maximum Gasteiger partial charge on any atom is 0.318 e. The van der Waals surface area contributed by atoms with E-state index in [4.69, 9.17) is 5.11 Å². The van der Waals surface area contributed by atoms with Gasteiger partial charge in [0.05, 0.1) is 6.42 Å². The van der Waals surface area contributed by atoms with Crippen LogP contribution in [0.15, 0.2) is 0 Å². The molecule has 0 saturated carbocycles. The zero-order valence-electron chi connectivity index (χ0n) is 11.7. The Labute approximate surface area is 122 Å². The number of piperazine rings is 1. The van der Waals surface area contributed by atoms with Crippen molar-refractivity contribution in [1.82, 2.24) is 15.5 Å². The van der Waals surface area contributed by atoms with Gasteiger partial charge in [0.2, 0.25) is 5.91 Å². The lowest BCUT2D eigenvalue weighted by atomic mass is 10.1. The van der Waals surface area contributed by atoms with Gasteiger partial charge in [-0.05, 0) is 12.7 Å². The van der Waals surface area contributed by atoms with Crippen LogP contribution in [0.4, 0.5) is 4.79 Å². The van der Waals surface area contributed by atoms with Gasteiger partial charge in [0.15, 0.2) is 0 Å². The highest BCUT2D eigenvalue weighted by molar-refractivity contribution is 7.98. The van der Waals surface area contributed by atoms with E-state index in [9.17, 15) is 14.4 Å². The van der Waals surface area contributed by atoms with E-state index in [1.54, 1.807) is 11.8 Å². The second-order valence-electron chi connectivity index (χ2n) is 4.61. The third kappa shape index (κ3) is 4.59. The van der Waals surface area contributed by atoms with E-state index in [2.05, 4.69) is 10.6 Å². The van der Waals surface area contributed by atoms with Crippen LogP contribution < -0.4 is 10.6 Å². The first-order valence-corrected chi connectivity index (χ1v) is 7.94. The molecule has 8 heteroatoms. The first-order valence-electron chi connectivity index (χ1n) is 6.55. The molecule has 1 aliphatic heterocycles. The minimum absolute atomic E-state index is 0.0213. The SMILES string of the molecule is CCC(CSC)NC(=O)N1CCNC(=O)C1CC(=O)O. The molecule has 1 rings (SSSR count). The van der Waals surface area contributed by atoms with Gasteiger partial charge in [-0.25, -0.2) is 4.79 Å². The quantitative estimate of drug-likeness (QED) is 0.647. The smallest absolute Gasteiger partial charge is 0.318 e. The molecule has 1 aliphatic rings. The molecule has 2 unspecified atom stereocenters. The number of rotatable bonds is 6. The fraction of sp³-hybridized carbons (Fsp3) is 0.750. The highest BCUT2D eigenvalue weighted by Crippen LogP contribution is 2.10. The van der Waals surface area contributed by atoms with Gasteiger partial charge in [0.1, 0.15) is 6.04 Å². The molecule has 1 saturated heterocycles. The number of carbonyl (C=O) groups excluding carboxylic acids is 2. The van der Waals surface area contributed by atoms with E-state index in [0.29, 0.717) is 13.1 Å². The molecule has 7 nitrogen and oxygen atoms in total. The number of hydrogen-bond acceptors (Lipinski definition) is 4. The summed E-state index contributed by atoms with van der Waals surface area (Å²) < 4.78 is 0. The highest BCUT2D eigenvalue weighted by atomic mass is 32.2. The van der Waals surface area contributed by atoms with Crippen LogP contribution in [0.5, 0.6) is 0 Å². The fourth-order valence-corrected chi connectivity index (χ4v) is 2.77. The van der Waals surface area contributed by atoms with Gasteiger partial charge in [0.25, 0.3) is 0 Å². The van der Waals surface area contributed by atoms with Gasteiger partial charge in [0, 0.05) is 24.9 Å². The fourth-order valence-electron chi connectivity index (χ4n) is 2.05. The normalized spacial score (nSPS) is 20.2. The number of carboxylic acid groups (broad SMARTS) is 1. The zero-order chi connectivity index (χ0) is 15.1. The van der Waals surface area contributed by atoms with Crippen LogP contribution in [0.1, 0.15) is 19.8 Å². The first kappa shape index (κ1) is 16.6. The largest absolute Gasteiger partial charge is 0.481 e. The summed E-state index contributed by atoms with van der Waals surface area (Å²) in [6.07, 6.45) is 2.37. The van der Waals surface area contributed by atoms with Crippen molar-refractivity contribution in [2.45, 2.75) is 31.8 Å². The standard InChI is InChI=1S/C12H21N3O4S/c1-3-8(7-20-2)14-12(19)15-5-4-13-11(18)9(15)6-10(16)17/h8-9H,3-7H2,1-2H3,(H,13,18)(H,14,19)(H,16,17). The molecule has 0 spiro atoms. The van der Waals surface area contributed by atoms with Gasteiger partial charge in [-0.2, -0.15) is 11.8 Å². The summed E-state index contributed by atoms with van der Waals surface area (Å²) in [6.45, 7) is 2.64. The molecule has 20 heavy (non-hydrogen) atoms. The number of carboxylic acids is 1. The van der Waals surface area contributed by atoms with Crippen LogP contribution in [-0.2, 0) is 9.59 Å². The summed E-state index contributed by atoms with van der Waals surface area (Å²) in [5.41, 5.74) is 0. The first-order chi connectivity index (χ1) is 9.49. The van der Waals surface area contributed by atoms with E-state index in [1.807, 2.05) is 13.2 Å². The lowest BCUT2D eigenvalue weighted by Crippen LogP contribution is -2.61. The van der Waals surface area contributed by atoms with Crippen LogP contribution in [-0.4, -0.2) is 65.1 Å². The highest BCUT2D eigenvalue weighted by Gasteiger charge is 2.35. The average molecular weight is 303 g/mol. The average Bonchev–Trinajstić information content (AvgIpc) is 2.39. The number of urea groups is 1. The summed E-state index contributed by atoms with van der Waals surface area (Å²) in [5.74, 6) is -0.723. The Bertz CT molecular complexity index is 378. The summed E-state index contributed by atoms with van der Waals surface area (Å²) in [5, 5.41) is 14.3. The van der Waals surface area contributed by atoms with E-state index >= 15 is 0 Å². The van der Waals surface area contributed by atoms with Crippen molar-refractivity contribution in [3.63, 3.8) is 0 Å². The predicted octanol–water partition coefficient (Wildman–Crippen LogP) is 0.113. The Balaban J connectivity index is 2.71. The topological polar surface area (TPSA) is 98.7 Å². The van der Waals surface area contributed by atoms with Gasteiger partial charge in [-0.1, -0.05) is 6.92 Å². The van der Waals surface area contributed by atoms with Gasteiger partial charge < -0.3 is 20.6 Å². The molecule has 1 fully saturated rings. The van der Waals surface area contributed by atoms with Gasteiger partial charge in [-0.3, -0.25) is 9.59 Å². The Kier molecular flexibility index (Phi) is 6.63. The molecule has 114 valence electrons. The Morgan fingerprint density at radius 3 is 2.85 bits per heavy atom. The number of thioether (sulfide) groups is 1. The number of nitrogens with one attached hydrogen (secondary N) is 2. The lowest BCUT2D eigenvalue weighted by Gasteiger charge is -2.35. The van der Waals surface area contributed by atoms with Crippen molar-refractivity contribution in [1.29, 1.82) is 0 Å². The van der Waals surface area contributed by atoms with E-state index in [1.165, 1.54) is 4.90 Å². The molecule has 2 atom stereocenters. The van der Waals surface area contributed by atoms with Crippen LogP contribution in [0.2, 0.25) is 0 Å². The predicted molar refractivity (Wildman–Crippen MR) is 76.7 cm³/mol. The molecular weight excluding hydrogens is 282 g/mol. The third-order valence-corrected chi connectivity index (χ3v) is 3.88. The third-order valence-electron chi connectivity index (χ3n) is 3.15. The van der Waals surface area contributed by atoms with Crippen molar-refractivity contribution in [3.8, 4) is 0 Å². The van der Waals surface area contributed by atoms with Crippen molar-refractivity contribution in [2.24, 2.45) is 0 Å². The van der Waals surface area contributed by atoms with Crippen LogP contribution in [0.25, 0.3) is 0 Å². The number of hydrogen-bond donors (Lipinski definition) is 3. The molecule has 1 heterocycles.